The lowest BCUT2D eigenvalue weighted by atomic mass is 10.3. The molecule has 0 spiro atoms. The Bertz CT molecular complexity index is 994. The van der Waals surface area contributed by atoms with Crippen LogP contribution in [-0.4, -0.2) is 20.4 Å². The lowest BCUT2D eigenvalue weighted by molar-refractivity contribution is 0.103. The molecular formula is C19H15N5OS. The van der Waals surface area contributed by atoms with E-state index in [0.717, 1.165) is 17.1 Å². The monoisotopic (exact) mass is 361 g/mol. The second kappa shape index (κ2) is 7.20. The average molecular weight is 361 g/mol. The van der Waals surface area contributed by atoms with E-state index in [-0.39, 0.29) is 5.91 Å². The molecule has 0 radical (unpaired) electrons. The van der Waals surface area contributed by atoms with Crippen molar-refractivity contribution in [2.24, 2.45) is 0 Å². The maximum absolute atomic E-state index is 12.3. The fourth-order valence-corrected chi connectivity index (χ4v) is 3.14. The van der Waals surface area contributed by atoms with Gasteiger partial charge in [0.1, 0.15) is 4.88 Å². The summed E-state index contributed by atoms with van der Waals surface area (Å²) in [4.78, 5) is 21.1. The summed E-state index contributed by atoms with van der Waals surface area (Å²) >= 11 is 1.31. The van der Waals surface area contributed by atoms with E-state index in [2.05, 4.69) is 20.6 Å². The molecule has 4 aromatic rings. The number of nitrogens with zero attached hydrogens (tertiary/aromatic N) is 3. The fourth-order valence-electron chi connectivity index (χ4n) is 2.40. The minimum absolute atomic E-state index is 0.169. The average Bonchev–Trinajstić information content (AvgIpc) is 3.35. The van der Waals surface area contributed by atoms with Crippen LogP contribution in [0.5, 0.6) is 0 Å². The van der Waals surface area contributed by atoms with Gasteiger partial charge in [0.25, 0.3) is 5.91 Å². The van der Waals surface area contributed by atoms with Crippen LogP contribution in [0.4, 0.5) is 16.5 Å². The second-order valence-electron chi connectivity index (χ2n) is 5.49. The molecule has 2 aromatic carbocycles. The Hall–Kier alpha value is -3.45. The first-order chi connectivity index (χ1) is 12.8. The highest BCUT2D eigenvalue weighted by Gasteiger charge is 2.11. The Morgan fingerprint density at radius 3 is 2.54 bits per heavy atom. The van der Waals surface area contributed by atoms with Crippen LogP contribution in [0.1, 0.15) is 9.67 Å². The number of anilines is 3. The molecule has 6 nitrogen and oxygen atoms in total. The number of rotatable bonds is 5. The first-order valence-electron chi connectivity index (χ1n) is 7.95. The van der Waals surface area contributed by atoms with Crippen molar-refractivity contribution < 1.29 is 4.79 Å². The number of hydrogen-bond acceptors (Lipinski definition) is 5. The normalized spacial score (nSPS) is 10.5. The largest absolute Gasteiger partial charge is 0.332 e. The smallest absolute Gasteiger partial charge is 0.267 e. The predicted octanol–water partition coefficient (Wildman–Crippen LogP) is 4.32. The molecule has 0 saturated heterocycles. The molecule has 4 rings (SSSR count). The van der Waals surface area contributed by atoms with Gasteiger partial charge in [0, 0.05) is 29.5 Å². The molecule has 7 heteroatoms. The number of thiazole rings is 1. The molecule has 2 aromatic heterocycles. The maximum atomic E-state index is 12.3. The van der Waals surface area contributed by atoms with Crippen LogP contribution in [0.2, 0.25) is 0 Å². The summed E-state index contributed by atoms with van der Waals surface area (Å²) in [5.41, 5.74) is 2.68. The molecule has 1 amide bonds. The first kappa shape index (κ1) is 16.0. The molecule has 2 N–H and O–H groups in total. The molecular weight excluding hydrogens is 346 g/mol. The molecule has 2 heterocycles. The van der Waals surface area contributed by atoms with Crippen molar-refractivity contribution in [3.63, 3.8) is 0 Å². The van der Waals surface area contributed by atoms with Gasteiger partial charge in [-0.3, -0.25) is 4.79 Å². The Morgan fingerprint density at radius 2 is 1.81 bits per heavy atom. The molecule has 128 valence electrons. The standard InChI is InChI=1S/C19H15N5OS/c25-18(22-14-4-2-1-3-5-14)17-12-21-19(26-17)23-15-6-8-16(9-7-15)24-11-10-20-13-24/h1-13H,(H,21,23)(H,22,25). The van der Waals surface area contributed by atoms with Crippen LogP contribution >= 0.6 is 11.3 Å². The third-order valence-electron chi connectivity index (χ3n) is 3.68. The lowest BCUT2D eigenvalue weighted by Gasteiger charge is -2.05. The Balaban J connectivity index is 1.42. The third-order valence-corrected chi connectivity index (χ3v) is 4.59. The van der Waals surface area contributed by atoms with E-state index in [9.17, 15) is 4.79 Å². The van der Waals surface area contributed by atoms with Crippen LogP contribution in [0.3, 0.4) is 0 Å². The summed E-state index contributed by atoms with van der Waals surface area (Å²) in [6, 6.07) is 17.2. The molecule has 26 heavy (non-hydrogen) atoms. The molecule has 0 aliphatic heterocycles. The quantitative estimate of drug-likeness (QED) is 0.555. The number of carbonyl (C=O) groups excluding carboxylic acids is 1. The number of aromatic nitrogens is 3. The number of hydrogen-bond donors (Lipinski definition) is 2. The van der Waals surface area contributed by atoms with Gasteiger partial charge in [-0.05, 0) is 36.4 Å². The van der Waals surface area contributed by atoms with Gasteiger partial charge < -0.3 is 15.2 Å². The molecule has 0 aliphatic rings. The zero-order valence-corrected chi connectivity index (χ0v) is 14.5. The summed E-state index contributed by atoms with van der Waals surface area (Å²) in [6.07, 6.45) is 6.96. The van der Waals surface area contributed by atoms with E-state index in [4.69, 9.17) is 0 Å². The van der Waals surface area contributed by atoms with Gasteiger partial charge in [-0.1, -0.05) is 29.5 Å². The Morgan fingerprint density at radius 1 is 1.00 bits per heavy atom. The molecule has 0 unspecified atom stereocenters. The minimum atomic E-state index is -0.169. The third kappa shape index (κ3) is 3.62. The number of para-hydroxylation sites is 1. The van der Waals surface area contributed by atoms with Crippen molar-refractivity contribution >= 4 is 33.8 Å². The zero-order valence-electron chi connectivity index (χ0n) is 13.7. The highest BCUT2D eigenvalue weighted by molar-refractivity contribution is 7.17. The van der Waals surface area contributed by atoms with Crippen LogP contribution in [0, 0.1) is 0 Å². The first-order valence-corrected chi connectivity index (χ1v) is 8.77. The van der Waals surface area contributed by atoms with Crippen molar-refractivity contribution in [2.45, 2.75) is 0 Å². The number of carbonyl (C=O) groups is 1. The summed E-state index contributed by atoms with van der Waals surface area (Å²) in [7, 11) is 0. The number of imidazole rings is 1. The van der Waals surface area contributed by atoms with Crippen molar-refractivity contribution in [1.82, 2.24) is 14.5 Å². The summed E-state index contributed by atoms with van der Waals surface area (Å²) in [6.45, 7) is 0. The van der Waals surface area contributed by atoms with Crippen LogP contribution in [0.15, 0.2) is 79.5 Å². The summed E-state index contributed by atoms with van der Waals surface area (Å²) < 4.78 is 1.93. The summed E-state index contributed by atoms with van der Waals surface area (Å²) in [5, 5.41) is 6.74. The van der Waals surface area contributed by atoms with E-state index in [1.54, 1.807) is 18.7 Å². The molecule has 0 bridgehead atoms. The maximum Gasteiger partial charge on any atom is 0.267 e. The number of amides is 1. The van der Waals surface area contributed by atoms with Gasteiger partial charge in [-0.15, -0.1) is 0 Å². The van der Waals surface area contributed by atoms with E-state index < -0.39 is 0 Å². The Kier molecular flexibility index (Phi) is 4.44. The highest BCUT2D eigenvalue weighted by atomic mass is 32.1. The van der Waals surface area contributed by atoms with Crippen molar-refractivity contribution in [2.75, 3.05) is 10.6 Å². The van der Waals surface area contributed by atoms with Gasteiger partial charge in [0.15, 0.2) is 5.13 Å². The topological polar surface area (TPSA) is 71.8 Å². The van der Waals surface area contributed by atoms with Crippen LogP contribution in [-0.2, 0) is 0 Å². The van der Waals surface area contributed by atoms with E-state index in [0.29, 0.717) is 10.0 Å². The van der Waals surface area contributed by atoms with Gasteiger partial charge in [-0.2, -0.15) is 0 Å². The highest BCUT2D eigenvalue weighted by Crippen LogP contribution is 2.24. The fraction of sp³-hybridized carbons (Fsp3) is 0. The van der Waals surface area contributed by atoms with Gasteiger partial charge in [0.05, 0.1) is 12.5 Å². The van der Waals surface area contributed by atoms with Gasteiger partial charge >= 0.3 is 0 Å². The van der Waals surface area contributed by atoms with Gasteiger partial charge in [-0.25, -0.2) is 9.97 Å². The van der Waals surface area contributed by atoms with Crippen molar-refractivity contribution in [3.8, 4) is 5.69 Å². The molecule has 0 fully saturated rings. The number of nitrogens with one attached hydrogen (secondary N) is 2. The molecule has 0 atom stereocenters. The zero-order chi connectivity index (χ0) is 17.8. The van der Waals surface area contributed by atoms with E-state index in [1.807, 2.05) is 65.4 Å². The van der Waals surface area contributed by atoms with E-state index in [1.165, 1.54) is 11.3 Å². The SMILES string of the molecule is O=C(Nc1ccccc1)c1cnc(Nc2ccc(-n3ccnc3)cc2)s1. The Labute approximate surface area is 154 Å². The molecule has 0 saturated carbocycles. The van der Waals surface area contributed by atoms with E-state index >= 15 is 0 Å². The second-order valence-corrected chi connectivity index (χ2v) is 6.52. The van der Waals surface area contributed by atoms with Crippen molar-refractivity contribution in [1.29, 1.82) is 0 Å². The van der Waals surface area contributed by atoms with Crippen molar-refractivity contribution in [3.05, 3.63) is 84.4 Å². The lowest BCUT2D eigenvalue weighted by Crippen LogP contribution is -2.09. The van der Waals surface area contributed by atoms with Gasteiger partial charge in [0.2, 0.25) is 0 Å². The summed E-state index contributed by atoms with van der Waals surface area (Å²) in [5.74, 6) is -0.169. The minimum Gasteiger partial charge on any atom is -0.332 e. The molecule has 0 aliphatic carbocycles. The van der Waals surface area contributed by atoms with Crippen LogP contribution in [0.25, 0.3) is 5.69 Å². The number of benzene rings is 2. The van der Waals surface area contributed by atoms with Crippen LogP contribution < -0.4 is 10.6 Å². The predicted molar refractivity (Wildman–Crippen MR) is 103 cm³/mol.